The molecule has 0 saturated carbocycles. The fraction of sp³-hybridized carbons (Fsp3) is 0.238. The number of ketones is 1. The molecule has 5 nitrogen and oxygen atoms in total. The fourth-order valence-electron chi connectivity index (χ4n) is 3.21. The van der Waals surface area contributed by atoms with Gasteiger partial charge in [-0.05, 0) is 31.0 Å². The van der Waals surface area contributed by atoms with Gasteiger partial charge < -0.3 is 15.1 Å². The van der Waals surface area contributed by atoms with Gasteiger partial charge in [0.15, 0.2) is 0 Å². The first kappa shape index (κ1) is 18.8. The van der Waals surface area contributed by atoms with E-state index >= 15 is 0 Å². The van der Waals surface area contributed by atoms with Crippen molar-refractivity contribution in [3.8, 4) is 0 Å². The number of aliphatic hydroxyl groups is 2. The van der Waals surface area contributed by atoms with Crippen molar-refractivity contribution in [3.05, 3.63) is 76.6 Å². The van der Waals surface area contributed by atoms with E-state index in [1.807, 2.05) is 6.92 Å². The highest BCUT2D eigenvalue weighted by atomic mass is 19.1. The van der Waals surface area contributed by atoms with Crippen molar-refractivity contribution in [1.82, 2.24) is 4.90 Å². The molecule has 0 spiro atoms. The summed E-state index contributed by atoms with van der Waals surface area (Å²) in [5.41, 5.74) is 1.90. The number of hydrogen-bond donors (Lipinski definition) is 2. The SMILES string of the molecule is Cc1ccc(C(O)=C2C(=O)C(=O)N(CCCO)[C@@H]2c2ccc(F)cc2)cc1. The van der Waals surface area contributed by atoms with Crippen molar-refractivity contribution in [1.29, 1.82) is 0 Å². The van der Waals surface area contributed by atoms with Crippen LogP contribution in [-0.2, 0) is 9.59 Å². The molecule has 1 saturated heterocycles. The van der Waals surface area contributed by atoms with Crippen molar-refractivity contribution in [3.63, 3.8) is 0 Å². The molecule has 2 aromatic rings. The lowest BCUT2D eigenvalue weighted by atomic mass is 9.95. The molecule has 0 aromatic heterocycles. The van der Waals surface area contributed by atoms with Crippen LogP contribution in [0.25, 0.3) is 5.76 Å². The Balaban J connectivity index is 2.14. The van der Waals surface area contributed by atoms with Crippen molar-refractivity contribution in [2.75, 3.05) is 13.2 Å². The number of Topliss-reactive ketones (excluding diaryl/α,β-unsaturated/α-hetero) is 1. The normalized spacial score (nSPS) is 18.9. The highest BCUT2D eigenvalue weighted by Gasteiger charge is 2.45. The molecule has 1 atom stereocenters. The summed E-state index contributed by atoms with van der Waals surface area (Å²) < 4.78 is 13.3. The van der Waals surface area contributed by atoms with Crippen LogP contribution in [0, 0.1) is 12.7 Å². The van der Waals surface area contributed by atoms with Gasteiger partial charge in [0.05, 0.1) is 11.6 Å². The van der Waals surface area contributed by atoms with Gasteiger partial charge in [-0.15, -0.1) is 0 Å². The molecule has 1 aliphatic heterocycles. The van der Waals surface area contributed by atoms with Gasteiger partial charge in [-0.1, -0.05) is 42.0 Å². The molecule has 1 fully saturated rings. The second kappa shape index (κ2) is 7.72. The maximum Gasteiger partial charge on any atom is 0.295 e. The average molecular weight is 369 g/mol. The number of benzene rings is 2. The van der Waals surface area contributed by atoms with Crippen LogP contribution in [0.15, 0.2) is 54.1 Å². The van der Waals surface area contributed by atoms with Gasteiger partial charge in [0.2, 0.25) is 0 Å². The first-order chi connectivity index (χ1) is 12.9. The molecular formula is C21H20FNO4. The molecule has 0 bridgehead atoms. The van der Waals surface area contributed by atoms with Gasteiger partial charge in [0.1, 0.15) is 11.6 Å². The molecule has 140 valence electrons. The minimum Gasteiger partial charge on any atom is -0.507 e. The molecule has 0 unspecified atom stereocenters. The maximum absolute atomic E-state index is 13.3. The highest BCUT2D eigenvalue weighted by molar-refractivity contribution is 6.46. The molecule has 0 radical (unpaired) electrons. The van der Waals surface area contributed by atoms with Gasteiger partial charge in [0, 0.05) is 18.7 Å². The predicted molar refractivity (Wildman–Crippen MR) is 98.3 cm³/mol. The van der Waals surface area contributed by atoms with Gasteiger partial charge >= 0.3 is 0 Å². The van der Waals surface area contributed by atoms with E-state index in [-0.39, 0.29) is 30.9 Å². The first-order valence-corrected chi connectivity index (χ1v) is 8.66. The summed E-state index contributed by atoms with van der Waals surface area (Å²) in [5, 5.41) is 19.9. The molecule has 2 N–H and O–H groups in total. The fourth-order valence-corrected chi connectivity index (χ4v) is 3.21. The quantitative estimate of drug-likeness (QED) is 0.483. The molecular weight excluding hydrogens is 349 g/mol. The average Bonchev–Trinajstić information content (AvgIpc) is 2.91. The molecule has 1 heterocycles. The Morgan fingerprint density at radius 1 is 1.07 bits per heavy atom. The Kier molecular flexibility index (Phi) is 5.37. The van der Waals surface area contributed by atoms with Crippen LogP contribution in [0.3, 0.4) is 0 Å². The van der Waals surface area contributed by atoms with E-state index in [0.29, 0.717) is 11.1 Å². The molecule has 27 heavy (non-hydrogen) atoms. The zero-order valence-electron chi connectivity index (χ0n) is 14.9. The summed E-state index contributed by atoms with van der Waals surface area (Å²) in [5.74, 6) is -2.24. The van der Waals surface area contributed by atoms with Crippen LogP contribution < -0.4 is 0 Å². The summed E-state index contributed by atoms with van der Waals surface area (Å²) in [4.78, 5) is 26.5. The standard InChI is InChI=1S/C21H20FNO4/c1-13-3-5-15(6-4-13)19(25)17-18(14-7-9-16(22)10-8-14)23(11-2-12-24)21(27)20(17)26/h3-10,18,24-25H,2,11-12H2,1H3/t18-/m1/s1. The van der Waals surface area contributed by atoms with Crippen molar-refractivity contribution >= 4 is 17.4 Å². The van der Waals surface area contributed by atoms with Gasteiger partial charge in [0.25, 0.3) is 11.7 Å². The Labute approximate surface area is 156 Å². The molecule has 2 aromatic carbocycles. The predicted octanol–water partition coefficient (Wildman–Crippen LogP) is 2.94. The summed E-state index contributed by atoms with van der Waals surface area (Å²) in [6, 6.07) is 11.6. The summed E-state index contributed by atoms with van der Waals surface area (Å²) >= 11 is 0. The van der Waals surface area contributed by atoms with Gasteiger partial charge in [-0.25, -0.2) is 4.39 Å². The zero-order valence-corrected chi connectivity index (χ0v) is 14.9. The van der Waals surface area contributed by atoms with E-state index in [4.69, 9.17) is 5.11 Å². The van der Waals surface area contributed by atoms with Gasteiger partial charge in [-0.2, -0.15) is 0 Å². The van der Waals surface area contributed by atoms with Crippen LogP contribution in [-0.4, -0.2) is 40.0 Å². The Morgan fingerprint density at radius 3 is 2.30 bits per heavy atom. The van der Waals surface area contributed by atoms with Gasteiger partial charge in [-0.3, -0.25) is 9.59 Å². The highest BCUT2D eigenvalue weighted by Crippen LogP contribution is 2.39. The summed E-state index contributed by atoms with van der Waals surface area (Å²) in [7, 11) is 0. The second-order valence-corrected chi connectivity index (χ2v) is 6.49. The number of likely N-dealkylation sites (tertiary alicyclic amines) is 1. The number of carbonyl (C=O) groups excluding carboxylic acids is 2. The Morgan fingerprint density at radius 2 is 1.70 bits per heavy atom. The van der Waals surface area contributed by atoms with E-state index in [2.05, 4.69) is 0 Å². The Hall–Kier alpha value is -2.99. The topological polar surface area (TPSA) is 77.8 Å². The third-order valence-electron chi connectivity index (χ3n) is 4.61. The number of halogens is 1. The lowest BCUT2D eigenvalue weighted by Gasteiger charge is -2.25. The lowest BCUT2D eigenvalue weighted by molar-refractivity contribution is -0.140. The van der Waals surface area contributed by atoms with E-state index in [1.165, 1.54) is 29.2 Å². The maximum atomic E-state index is 13.3. The number of rotatable bonds is 5. The Bertz CT molecular complexity index is 887. The van der Waals surface area contributed by atoms with E-state index in [9.17, 15) is 19.1 Å². The van der Waals surface area contributed by atoms with E-state index < -0.39 is 23.5 Å². The molecule has 1 aliphatic rings. The summed E-state index contributed by atoms with van der Waals surface area (Å²) in [6.07, 6.45) is 0.287. The first-order valence-electron chi connectivity index (χ1n) is 8.66. The van der Waals surface area contributed by atoms with Crippen molar-refractivity contribution < 1.29 is 24.2 Å². The molecule has 6 heteroatoms. The van der Waals surface area contributed by atoms with Crippen LogP contribution in [0.1, 0.15) is 29.2 Å². The summed E-state index contributed by atoms with van der Waals surface area (Å²) in [6.45, 7) is 1.90. The molecule has 1 amide bonds. The number of aliphatic hydroxyl groups excluding tert-OH is 2. The smallest absolute Gasteiger partial charge is 0.295 e. The molecule has 0 aliphatic carbocycles. The van der Waals surface area contributed by atoms with Crippen molar-refractivity contribution in [2.45, 2.75) is 19.4 Å². The minimum atomic E-state index is -0.835. The number of nitrogens with zero attached hydrogens (tertiary/aromatic N) is 1. The lowest BCUT2D eigenvalue weighted by Crippen LogP contribution is -2.31. The van der Waals surface area contributed by atoms with Crippen LogP contribution in [0.2, 0.25) is 0 Å². The second-order valence-electron chi connectivity index (χ2n) is 6.49. The number of aryl methyl sites for hydroxylation is 1. The third-order valence-corrected chi connectivity index (χ3v) is 4.61. The minimum absolute atomic E-state index is 0.0339. The zero-order chi connectivity index (χ0) is 19.6. The molecule has 3 rings (SSSR count). The number of amides is 1. The van der Waals surface area contributed by atoms with Crippen LogP contribution in [0.4, 0.5) is 4.39 Å². The third kappa shape index (κ3) is 3.61. The largest absolute Gasteiger partial charge is 0.507 e. The number of carbonyl (C=O) groups is 2. The monoisotopic (exact) mass is 369 g/mol. The van der Waals surface area contributed by atoms with Crippen LogP contribution in [0.5, 0.6) is 0 Å². The van der Waals surface area contributed by atoms with E-state index in [0.717, 1.165) is 5.56 Å². The van der Waals surface area contributed by atoms with E-state index in [1.54, 1.807) is 24.3 Å². The van der Waals surface area contributed by atoms with Crippen molar-refractivity contribution in [2.24, 2.45) is 0 Å². The number of hydrogen-bond acceptors (Lipinski definition) is 4. The van der Waals surface area contributed by atoms with Crippen LogP contribution >= 0.6 is 0 Å².